The van der Waals surface area contributed by atoms with E-state index >= 15 is 0 Å². The monoisotopic (exact) mass is 335 g/mol. The predicted octanol–water partition coefficient (Wildman–Crippen LogP) is 2.96. The van der Waals surface area contributed by atoms with Gasteiger partial charge in [0.05, 0.1) is 11.5 Å². The van der Waals surface area contributed by atoms with E-state index in [1.54, 1.807) is 24.3 Å². The van der Waals surface area contributed by atoms with Crippen LogP contribution in [0.15, 0.2) is 59.5 Å². The SMILES string of the molecule is CS(=O)(=O)Cc1ccccc1NC(=O)CSc1ccccc1. The number of sulfone groups is 1. The van der Waals surface area contributed by atoms with E-state index in [2.05, 4.69) is 5.32 Å². The van der Waals surface area contributed by atoms with E-state index in [4.69, 9.17) is 0 Å². The molecule has 0 heterocycles. The van der Waals surface area contributed by atoms with Crippen LogP contribution in [0.5, 0.6) is 0 Å². The lowest BCUT2D eigenvalue weighted by Gasteiger charge is -2.10. The van der Waals surface area contributed by atoms with Crippen LogP contribution in [0.2, 0.25) is 0 Å². The Bertz CT molecular complexity index is 743. The lowest BCUT2D eigenvalue weighted by atomic mass is 10.2. The van der Waals surface area contributed by atoms with E-state index in [1.165, 1.54) is 18.0 Å². The Labute approximate surface area is 134 Å². The molecular formula is C16H17NO3S2. The van der Waals surface area contributed by atoms with Crippen molar-refractivity contribution in [1.29, 1.82) is 0 Å². The molecule has 1 amide bonds. The predicted molar refractivity (Wildman–Crippen MR) is 90.8 cm³/mol. The van der Waals surface area contributed by atoms with Crippen molar-refractivity contribution < 1.29 is 13.2 Å². The lowest BCUT2D eigenvalue weighted by Crippen LogP contribution is -2.16. The summed E-state index contributed by atoms with van der Waals surface area (Å²) in [6.07, 6.45) is 1.18. The standard InChI is InChI=1S/C16H17NO3S2/c1-22(19,20)12-13-7-5-6-10-15(13)17-16(18)11-21-14-8-3-2-4-9-14/h2-10H,11-12H2,1H3,(H,17,18). The zero-order chi connectivity index (χ0) is 16.0. The van der Waals surface area contributed by atoms with Gasteiger partial charge in [-0.1, -0.05) is 36.4 Å². The van der Waals surface area contributed by atoms with Crippen molar-refractivity contribution in [3.63, 3.8) is 0 Å². The maximum atomic E-state index is 12.0. The molecule has 0 fully saturated rings. The van der Waals surface area contributed by atoms with Crippen LogP contribution < -0.4 is 5.32 Å². The number of para-hydroxylation sites is 1. The summed E-state index contributed by atoms with van der Waals surface area (Å²) in [5, 5.41) is 2.78. The van der Waals surface area contributed by atoms with Crippen molar-refractivity contribution in [2.75, 3.05) is 17.3 Å². The molecule has 0 aliphatic carbocycles. The quantitative estimate of drug-likeness (QED) is 0.825. The van der Waals surface area contributed by atoms with Crippen LogP contribution in [-0.4, -0.2) is 26.3 Å². The Morgan fingerprint density at radius 1 is 1.05 bits per heavy atom. The van der Waals surface area contributed by atoms with Gasteiger partial charge in [0, 0.05) is 16.8 Å². The van der Waals surface area contributed by atoms with E-state index < -0.39 is 9.84 Å². The van der Waals surface area contributed by atoms with Gasteiger partial charge in [0.2, 0.25) is 5.91 Å². The topological polar surface area (TPSA) is 63.2 Å². The Hall–Kier alpha value is -1.79. The van der Waals surface area contributed by atoms with Gasteiger partial charge in [0.1, 0.15) is 0 Å². The van der Waals surface area contributed by atoms with Crippen LogP contribution in [0.4, 0.5) is 5.69 Å². The van der Waals surface area contributed by atoms with Crippen molar-refractivity contribution in [3.8, 4) is 0 Å². The zero-order valence-electron chi connectivity index (χ0n) is 12.2. The van der Waals surface area contributed by atoms with Crippen LogP contribution in [0.1, 0.15) is 5.56 Å². The number of rotatable bonds is 6. The molecule has 2 aromatic carbocycles. The summed E-state index contributed by atoms with van der Waals surface area (Å²) < 4.78 is 22.9. The van der Waals surface area contributed by atoms with Crippen molar-refractivity contribution in [2.24, 2.45) is 0 Å². The van der Waals surface area contributed by atoms with Gasteiger partial charge in [-0.25, -0.2) is 8.42 Å². The summed E-state index contributed by atoms with van der Waals surface area (Å²) in [6.45, 7) is 0. The number of anilines is 1. The van der Waals surface area contributed by atoms with E-state index in [0.717, 1.165) is 4.90 Å². The molecule has 6 heteroatoms. The Morgan fingerprint density at radius 2 is 1.68 bits per heavy atom. The summed E-state index contributed by atoms with van der Waals surface area (Å²) in [6, 6.07) is 16.6. The summed E-state index contributed by atoms with van der Waals surface area (Å²) in [4.78, 5) is 13.0. The largest absolute Gasteiger partial charge is 0.325 e. The van der Waals surface area contributed by atoms with Gasteiger partial charge in [-0.15, -0.1) is 11.8 Å². The van der Waals surface area contributed by atoms with Crippen molar-refractivity contribution in [3.05, 3.63) is 60.2 Å². The Kier molecular flexibility index (Phi) is 5.63. The highest BCUT2D eigenvalue weighted by atomic mass is 32.2. The minimum absolute atomic E-state index is 0.0880. The number of nitrogens with one attached hydrogen (secondary N) is 1. The van der Waals surface area contributed by atoms with Gasteiger partial charge in [-0.3, -0.25) is 4.79 Å². The average Bonchev–Trinajstić information content (AvgIpc) is 2.47. The molecule has 0 spiro atoms. The van der Waals surface area contributed by atoms with Crippen molar-refractivity contribution in [1.82, 2.24) is 0 Å². The summed E-state index contributed by atoms with van der Waals surface area (Å²) in [7, 11) is -3.15. The number of thioether (sulfide) groups is 1. The lowest BCUT2D eigenvalue weighted by molar-refractivity contribution is -0.113. The van der Waals surface area contributed by atoms with E-state index in [0.29, 0.717) is 11.3 Å². The highest BCUT2D eigenvalue weighted by Gasteiger charge is 2.11. The van der Waals surface area contributed by atoms with E-state index in [9.17, 15) is 13.2 Å². The molecule has 0 saturated carbocycles. The first kappa shape index (κ1) is 16.6. The number of amides is 1. The Balaban J connectivity index is 2.00. The first-order chi connectivity index (χ1) is 10.4. The zero-order valence-corrected chi connectivity index (χ0v) is 13.8. The fraction of sp³-hybridized carbons (Fsp3) is 0.188. The smallest absolute Gasteiger partial charge is 0.234 e. The molecule has 0 unspecified atom stereocenters. The van der Waals surface area contributed by atoms with Gasteiger partial charge < -0.3 is 5.32 Å². The molecule has 0 saturated heterocycles. The maximum Gasteiger partial charge on any atom is 0.234 e. The van der Waals surface area contributed by atoms with Crippen LogP contribution in [0.3, 0.4) is 0 Å². The van der Waals surface area contributed by atoms with Crippen LogP contribution in [0, 0.1) is 0 Å². The molecule has 2 aromatic rings. The van der Waals surface area contributed by atoms with Crippen LogP contribution in [0.25, 0.3) is 0 Å². The molecule has 0 aliphatic rings. The fourth-order valence-electron chi connectivity index (χ4n) is 1.90. The molecule has 0 aromatic heterocycles. The van der Waals surface area contributed by atoms with Gasteiger partial charge in [0.15, 0.2) is 9.84 Å². The van der Waals surface area contributed by atoms with Crippen molar-refractivity contribution in [2.45, 2.75) is 10.6 Å². The molecule has 1 N–H and O–H groups in total. The first-order valence-corrected chi connectivity index (χ1v) is 9.72. The summed E-state index contributed by atoms with van der Waals surface area (Å²) in [5.74, 6) is 0.0294. The van der Waals surface area contributed by atoms with Crippen molar-refractivity contribution >= 4 is 33.2 Å². The molecule has 2 rings (SSSR count). The molecule has 4 nitrogen and oxygen atoms in total. The number of hydrogen-bond donors (Lipinski definition) is 1. The Morgan fingerprint density at radius 3 is 2.36 bits per heavy atom. The van der Waals surface area contributed by atoms with Gasteiger partial charge in [0.25, 0.3) is 0 Å². The fourth-order valence-corrected chi connectivity index (χ4v) is 3.44. The van der Waals surface area contributed by atoms with Gasteiger partial charge >= 0.3 is 0 Å². The first-order valence-electron chi connectivity index (χ1n) is 6.67. The number of hydrogen-bond acceptors (Lipinski definition) is 4. The summed E-state index contributed by atoms with van der Waals surface area (Å²) >= 11 is 1.44. The number of benzene rings is 2. The summed E-state index contributed by atoms with van der Waals surface area (Å²) in [5.41, 5.74) is 1.15. The van der Waals surface area contributed by atoms with Gasteiger partial charge in [-0.05, 0) is 23.8 Å². The molecule has 0 atom stereocenters. The van der Waals surface area contributed by atoms with Crippen LogP contribution >= 0.6 is 11.8 Å². The number of carbonyl (C=O) groups excluding carboxylic acids is 1. The molecule has 0 radical (unpaired) electrons. The highest BCUT2D eigenvalue weighted by molar-refractivity contribution is 8.00. The minimum atomic E-state index is -3.15. The normalized spacial score (nSPS) is 11.1. The second kappa shape index (κ2) is 7.47. The van der Waals surface area contributed by atoms with E-state index in [1.807, 2.05) is 30.3 Å². The average molecular weight is 335 g/mol. The molecule has 0 aliphatic heterocycles. The second-order valence-corrected chi connectivity index (χ2v) is 8.07. The maximum absolute atomic E-state index is 12.0. The third-order valence-corrected chi connectivity index (χ3v) is 4.67. The van der Waals surface area contributed by atoms with E-state index in [-0.39, 0.29) is 17.4 Å². The van der Waals surface area contributed by atoms with Crippen LogP contribution in [-0.2, 0) is 20.4 Å². The molecule has 0 bridgehead atoms. The second-order valence-electron chi connectivity index (χ2n) is 4.88. The van der Waals surface area contributed by atoms with Gasteiger partial charge in [-0.2, -0.15) is 0 Å². The third-order valence-electron chi connectivity index (χ3n) is 2.82. The highest BCUT2D eigenvalue weighted by Crippen LogP contribution is 2.20. The number of carbonyl (C=O) groups is 1. The third kappa shape index (κ3) is 5.54. The molecular weight excluding hydrogens is 318 g/mol. The molecule has 22 heavy (non-hydrogen) atoms. The molecule has 116 valence electrons. The minimum Gasteiger partial charge on any atom is -0.325 e.